The smallest absolute Gasteiger partial charge is 0.259 e. The molecule has 0 N–H and O–H groups in total. The summed E-state index contributed by atoms with van der Waals surface area (Å²) >= 11 is 0. The van der Waals surface area contributed by atoms with Crippen LogP contribution in [-0.2, 0) is 4.74 Å². The number of amides is 1. The zero-order chi connectivity index (χ0) is 17.3. The van der Waals surface area contributed by atoms with Gasteiger partial charge in [-0.2, -0.15) is 0 Å². The summed E-state index contributed by atoms with van der Waals surface area (Å²) in [6.07, 6.45) is 4.11. The van der Waals surface area contributed by atoms with Crippen molar-refractivity contribution in [3.05, 3.63) is 47.9 Å². The van der Waals surface area contributed by atoms with E-state index in [0.717, 1.165) is 25.0 Å². The average molecular weight is 342 g/mol. The number of likely N-dealkylation sites (tertiary alicyclic amines) is 1. The average Bonchev–Trinajstić information content (AvgIpc) is 3.23. The number of aryl methyl sites for hydroxylation is 1. The Morgan fingerprint density at radius 1 is 1.28 bits per heavy atom. The number of rotatable bonds is 3. The van der Waals surface area contributed by atoms with Crippen molar-refractivity contribution in [2.75, 3.05) is 19.7 Å². The fraction of sp³-hybridized carbons (Fsp3) is 0.474. The van der Waals surface area contributed by atoms with Crippen molar-refractivity contribution in [2.45, 2.75) is 37.9 Å². The van der Waals surface area contributed by atoms with Crippen LogP contribution in [0.5, 0.6) is 5.75 Å². The van der Waals surface area contributed by atoms with Gasteiger partial charge in [-0.1, -0.05) is 23.4 Å². The van der Waals surface area contributed by atoms with Crippen LogP contribution in [0.15, 0.2) is 41.1 Å². The third-order valence-corrected chi connectivity index (χ3v) is 5.16. The van der Waals surface area contributed by atoms with Crippen LogP contribution in [0.1, 0.15) is 35.4 Å². The van der Waals surface area contributed by atoms with Crippen LogP contribution in [0.4, 0.5) is 0 Å². The van der Waals surface area contributed by atoms with Crippen molar-refractivity contribution >= 4 is 5.91 Å². The van der Waals surface area contributed by atoms with Crippen molar-refractivity contribution in [3.8, 4) is 5.75 Å². The molecular formula is C19H22N2O4. The molecule has 2 aromatic rings. The van der Waals surface area contributed by atoms with Gasteiger partial charge in [0, 0.05) is 19.5 Å². The van der Waals surface area contributed by atoms with Gasteiger partial charge in [-0.15, -0.1) is 0 Å². The van der Waals surface area contributed by atoms with Gasteiger partial charge in [0.1, 0.15) is 23.2 Å². The first-order chi connectivity index (χ1) is 12.2. The second-order valence-electron chi connectivity index (χ2n) is 6.84. The zero-order valence-corrected chi connectivity index (χ0v) is 14.3. The van der Waals surface area contributed by atoms with Crippen LogP contribution >= 0.6 is 0 Å². The van der Waals surface area contributed by atoms with Crippen LogP contribution < -0.4 is 4.74 Å². The molecule has 0 radical (unpaired) electrons. The lowest BCUT2D eigenvalue weighted by Crippen LogP contribution is -2.46. The Morgan fingerprint density at radius 2 is 2.04 bits per heavy atom. The lowest BCUT2D eigenvalue weighted by atomic mass is 9.87. The molecule has 2 aliphatic rings. The van der Waals surface area contributed by atoms with Crippen LogP contribution in [-0.4, -0.2) is 47.4 Å². The van der Waals surface area contributed by atoms with Gasteiger partial charge in [0.05, 0.1) is 18.4 Å². The van der Waals surface area contributed by atoms with E-state index in [-0.39, 0.29) is 17.6 Å². The molecule has 0 bridgehead atoms. The highest BCUT2D eigenvalue weighted by molar-refractivity contribution is 5.94. The number of carbonyl (C=O) groups excluding carboxylic acids is 1. The zero-order valence-electron chi connectivity index (χ0n) is 14.3. The molecule has 3 heterocycles. The summed E-state index contributed by atoms with van der Waals surface area (Å²) in [7, 11) is 0. The predicted molar refractivity (Wildman–Crippen MR) is 90.5 cm³/mol. The van der Waals surface area contributed by atoms with Gasteiger partial charge in [-0.3, -0.25) is 4.79 Å². The Bertz CT molecular complexity index is 735. The first-order valence-corrected chi connectivity index (χ1v) is 8.71. The summed E-state index contributed by atoms with van der Waals surface area (Å²) in [6, 6.07) is 9.85. The number of benzene rings is 1. The molecule has 2 aliphatic heterocycles. The molecule has 1 spiro atoms. The minimum Gasteiger partial charge on any atom is -0.488 e. The first kappa shape index (κ1) is 16.1. The van der Waals surface area contributed by atoms with E-state index in [4.69, 9.17) is 14.0 Å². The Hall–Kier alpha value is -2.34. The van der Waals surface area contributed by atoms with E-state index in [1.165, 1.54) is 6.20 Å². The maximum Gasteiger partial charge on any atom is 0.259 e. The maximum atomic E-state index is 12.6. The number of hydrogen-bond acceptors (Lipinski definition) is 5. The van der Waals surface area contributed by atoms with Gasteiger partial charge in [0.25, 0.3) is 5.91 Å². The number of para-hydroxylation sites is 1. The molecular weight excluding hydrogens is 320 g/mol. The van der Waals surface area contributed by atoms with Crippen LogP contribution in [0, 0.1) is 6.92 Å². The van der Waals surface area contributed by atoms with E-state index >= 15 is 0 Å². The minimum atomic E-state index is -0.167. The molecule has 0 saturated carbocycles. The van der Waals surface area contributed by atoms with Gasteiger partial charge in [-0.05, 0) is 31.9 Å². The summed E-state index contributed by atoms with van der Waals surface area (Å²) in [5.41, 5.74) is 0.383. The molecule has 1 aromatic heterocycles. The number of nitrogens with zero attached hydrogens (tertiary/aromatic N) is 2. The number of carbonyl (C=O) groups is 1. The van der Waals surface area contributed by atoms with Crippen molar-refractivity contribution in [3.63, 3.8) is 0 Å². The van der Waals surface area contributed by atoms with Crippen molar-refractivity contribution < 1.29 is 18.8 Å². The van der Waals surface area contributed by atoms with Gasteiger partial charge in [0.2, 0.25) is 0 Å². The van der Waals surface area contributed by atoms with Gasteiger partial charge in [-0.25, -0.2) is 0 Å². The second kappa shape index (κ2) is 6.52. The van der Waals surface area contributed by atoms with Crippen molar-refractivity contribution in [2.24, 2.45) is 0 Å². The minimum absolute atomic E-state index is 0.0105. The summed E-state index contributed by atoms with van der Waals surface area (Å²) in [5.74, 6) is 1.44. The Labute approximate surface area is 146 Å². The highest BCUT2D eigenvalue weighted by Gasteiger charge is 2.44. The summed E-state index contributed by atoms with van der Waals surface area (Å²) in [5, 5.41) is 3.69. The van der Waals surface area contributed by atoms with Gasteiger partial charge < -0.3 is 18.9 Å². The topological polar surface area (TPSA) is 64.8 Å². The largest absolute Gasteiger partial charge is 0.488 e. The molecule has 2 fully saturated rings. The highest BCUT2D eigenvalue weighted by atomic mass is 16.6. The molecule has 1 unspecified atom stereocenters. The number of aromatic nitrogens is 1. The van der Waals surface area contributed by atoms with E-state index in [1.807, 2.05) is 35.2 Å². The van der Waals surface area contributed by atoms with Crippen LogP contribution in [0.3, 0.4) is 0 Å². The normalized spacial score (nSPS) is 22.3. The Morgan fingerprint density at radius 3 is 2.72 bits per heavy atom. The summed E-state index contributed by atoms with van der Waals surface area (Å²) in [4.78, 5) is 14.4. The fourth-order valence-electron chi connectivity index (χ4n) is 3.71. The third-order valence-electron chi connectivity index (χ3n) is 5.16. The number of ether oxygens (including phenoxy) is 2. The monoisotopic (exact) mass is 342 g/mol. The van der Waals surface area contributed by atoms with E-state index in [0.29, 0.717) is 31.0 Å². The quantitative estimate of drug-likeness (QED) is 0.858. The van der Waals surface area contributed by atoms with E-state index in [1.54, 1.807) is 6.92 Å². The van der Waals surface area contributed by atoms with Gasteiger partial charge in [0.15, 0.2) is 0 Å². The van der Waals surface area contributed by atoms with Crippen molar-refractivity contribution in [1.29, 1.82) is 0 Å². The molecule has 4 rings (SSSR count). The second-order valence-corrected chi connectivity index (χ2v) is 6.84. The van der Waals surface area contributed by atoms with E-state index < -0.39 is 0 Å². The fourth-order valence-corrected chi connectivity index (χ4v) is 3.71. The maximum absolute atomic E-state index is 12.6. The lowest BCUT2D eigenvalue weighted by Gasteiger charge is -2.38. The standard InChI is InChI=1S/C19H22N2O4/c1-14-17(12-20-25-14)18(22)21-9-7-19(8-10-21)11-16(13-23-19)24-15-5-3-2-4-6-15/h2-6,12,16H,7-11,13H2,1H3. The molecule has 1 aromatic carbocycles. The van der Waals surface area contributed by atoms with E-state index in [9.17, 15) is 4.79 Å². The molecule has 6 nitrogen and oxygen atoms in total. The molecule has 0 aliphatic carbocycles. The van der Waals surface area contributed by atoms with Crippen LogP contribution in [0.25, 0.3) is 0 Å². The molecule has 132 valence electrons. The molecule has 2 saturated heterocycles. The Kier molecular flexibility index (Phi) is 4.21. The molecule has 1 atom stereocenters. The van der Waals surface area contributed by atoms with E-state index in [2.05, 4.69) is 5.16 Å². The summed E-state index contributed by atoms with van der Waals surface area (Å²) < 4.78 is 17.1. The highest BCUT2D eigenvalue weighted by Crippen LogP contribution is 2.37. The first-order valence-electron chi connectivity index (χ1n) is 8.71. The van der Waals surface area contributed by atoms with Gasteiger partial charge >= 0.3 is 0 Å². The number of hydrogen-bond donors (Lipinski definition) is 0. The SMILES string of the molecule is Cc1oncc1C(=O)N1CCC2(CC1)CC(Oc1ccccc1)CO2. The molecule has 25 heavy (non-hydrogen) atoms. The van der Waals surface area contributed by atoms with Crippen molar-refractivity contribution in [1.82, 2.24) is 10.1 Å². The van der Waals surface area contributed by atoms with Crippen LogP contribution in [0.2, 0.25) is 0 Å². The number of piperidine rings is 1. The Balaban J connectivity index is 1.34. The summed E-state index contributed by atoms with van der Waals surface area (Å²) in [6.45, 7) is 3.73. The molecule has 1 amide bonds. The molecule has 6 heteroatoms. The third kappa shape index (κ3) is 3.26. The predicted octanol–water partition coefficient (Wildman–Crippen LogP) is 2.83. The lowest BCUT2D eigenvalue weighted by molar-refractivity contribution is -0.0396.